The van der Waals surface area contributed by atoms with Crippen LogP contribution in [0.4, 0.5) is 0 Å². The first kappa shape index (κ1) is 14.7. The minimum atomic E-state index is -0.756. The van der Waals surface area contributed by atoms with Gasteiger partial charge in [-0.3, -0.25) is 4.79 Å². The molecular weight excluding hydrogens is 226 g/mol. The van der Waals surface area contributed by atoms with Gasteiger partial charge in [-0.2, -0.15) is 0 Å². The van der Waals surface area contributed by atoms with E-state index >= 15 is 0 Å². The van der Waals surface area contributed by atoms with Gasteiger partial charge in [-0.15, -0.1) is 0 Å². The summed E-state index contributed by atoms with van der Waals surface area (Å²) in [6, 6.07) is 7.91. The van der Waals surface area contributed by atoms with Gasteiger partial charge in [-0.1, -0.05) is 50.1 Å². The number of carbonyl (C=O) groups is 1. The highest BCUT2D eigenvalue weighted by molar-refractivity contribution is 5.73. The third-order valence-corrected chi connectivity index (χ3v) is 3.38. The summed E-state index contributed by atoms with van der Waals surface area (Å²) in [5.74, 6) is -0.603. The molecule has 0 aliphatic carbocycles. The van der Waals surface area contributed by atoms with E-state index in [2.05, 4.69) is 36.5 Å². The normalized spacial score (nSPS) is 14.2. The average molecular weight is 249 g/mol. The minimum absolute atomic E-state index is 0.153. The number of nitrogens with one attached hydrogen (secondary N) is 1. The second-order valence-corrected chi connectivity index (χ2v) is 4.89. The van der Waals surface area contributed by atoms with Crippen LogP contribution in [-0.2, 0) is 11.2 Å². The summed E-state index contributed by atoms with van der Waals surface area (Å²) in [4.78, 5) is 11.1. The summed E-state index contributed by atoms with van der Waals surface area (Å²) < 4.78 is 0. The van der Waals surface area contributed by atoms with Gasteiger partial charge in [0.1, 0.15) is 6.04 Å². The van der Waals surface area contributed by atoms with Crippen molar-refractivity contribution in [3.8, 4) is 0 Å². The quantitative estimate of drug-likeness (QED) is 0.781. The van der Waals surface area contributed by atoms with E-state index in [4.69, 9.17) is 5.11 Å². The molecule has 0 aliphatic heterocycles. The molecule has 0 aliphatic rings. The second-order valence-electron chi connectivity index (χ2n) is 4.89. The Balaban J connectivity index is 2.43. The molecule has 18 heavy (non-hydrogen) atoms. The first-order valence-corrected chi connectivity index (χ1v) is 6.56. The summed E-state index contributed by atoms with van der Waals surface area (Å²) in [5, 5.41) is 12.3. The number of benzene rings is 1. The topological polar surface area (TPSA) is 49.3 Å². The Labute approximate surface area is 109 Å². The maximum Gasteiger partial charge on any atom is 0.320 e. The Hall–Kier alpha value is -1.35. The van der Waals surface area contributed by atoms with E-state index in [0.717, 1.165) is 12.8 Å². The highest BCUT2D eigenvalue weighted by Crippen LogP contribution is 2.08. The van der Waals surface area contributed by atoms with Crippen LogP contribution in [0.25, 0.3) is 0 Å². The third-order valence-electron chi connectivity index (χ3n) is 3.38. The molecule has 1 aromatic rings. The van der Waals surface area contributed by atoms with Crippen LogP contribution in [-0.4, -0.2) is 23.7 Å². The van der Waals surface area contributed by atoms with Crippen molar-refractivity contribution in [1.29, 1.82) is 0 Å². The van der Waals surface area contributed by atoms with Gasteiger partial charge in [0, 0.05) is 0 Å². The monoisotopic (exact) mass is 249 g/mol. The molecule has 2 atom stereocenters. The molecule has 3 heteroatoms. The van der Waals surface area contributed by atoms with Gasteiger partial charge in [-0.05, 0) is 31.4 Å². The first-order valence-electron chi connectivity index (χ1n) is 6.56. The van der Waals surface area contributed by atoms with E-state index in [-0.39, 0.29) is 5.92 Å². The number of hydrogen-bond acceptors (Lipinski definition) is 2. The molecule has 0 heterocycles. The van der Waals surface area contributed by atoms with E-state index in [9.17, 15) is 4.79 Å². The summed E-state index contributed by atoms with van der Waals surface area (Å²) in [5.41, 5.74) is 2.48. The van der Waals surface area contributed by atoms with Crippen LogP contribution in [0.2, 0.25) is 0 Å². The number of carboxylic acids is 1. The molecule has 0 amide bonds. The summed E-state index contributed by atoms with van der Waals surface area (Å²) in [6.07, 6.45) is 1.73. The van der Waals surface area contributed by atoms with Crippen LogP contribution < -0.4 is 5.32 Å². The highest BCUT2D eigenvalue weighted by Gasteiger charge is 2.22. The Morgan fingerprint density at radius 1 is 1.33 bits per heavy atom. The number of hydrogen-bond donors (Lipinski definition) is 2. The lowest BCUT2D eigenvalue weighted by molar-refractivity contribution is -0.140. The zero-order valence-corrected chi connectivity index (χ0v) is 11.4. The third kappa shape index (κ3) is 4.49. The molecule has 1 rings (SSSR count). The predicted octanol–water partition coefficient (Wildman–Crippen LogP) is 2.63. The fraction of sp³-hybridized carbons (Fsp3) is 0.533. The predicted molar refractivity (Wildman–Crippen MR) is 73.8 cm³/mol. The van der Waals surface area contributed by atoms with Crippen molar-refractivity contribution in [2.24, 2.45) is 5.92 Å². The zero-order chi connectivity index (χ0) is 13.5. The van der Waals surface area contributed by atoms with Gasteiger partial charge in [0.2, 0.25) is 0 Å². The number of rotatable bonds is 7. The van der Waals surface area contributed by atoms with Crippen LogP contribution in [0.5, 0.6) is 0 Å². The summed E-state index contributed by atoms with van der Waals surface area (Å²) in [6.45, 7) is 6.75. The van der Waals surface area contributed by atoms with Crippen molar-refractivity contribution in [3.63, 3.8) is 0 Å². The van der Waals surface area contributed by atoms with E-state index in [0.29, 0.717) is 6.54 Å². The van der Waals surface area contributed by atoms with Crippen LogP contribution >= 0.6 is 0 Å². The Morgan fingerprint density at radius 3 is 2.44 bits per heavy atom. The average Bonchev–Trinajstić information content (AvgIpc) is 2.35. The van der Waals surface area contributed by atoms with Crippen LogP contribution in [0.15, 0.2) is 24.3 Å². The van der Waals surface area contributed by atoms with Gasteiger partial charge >= 0.3 is 5.97 Å². The molecule has 0 radical (unpaired) electrons. The molecule has 3 nitrogen and oxygen atoms in total. The van der Waals surface area contributed by atoms with Crippen molar-refractivity contribution in [2.45, 2.75) is 39.7 Å². The van der Waals surface area contributed by atoms with Gasteiger partial charge in [0.05, 0.1) is 0 Å². The largest absolute Gasteiger partial charge is 0.480 e. The summed E-state index contributed by atoms with van der Waals surface area (Å²) >= 11 is 0. The van der Waals surface area contributed by atoms with Gasteiger partial charge < -0.3 is 10.4 Å². The van der Waals surface area contributed by atoms with Crippen molar-refractivity contribution in [3.05, 3.63) is 35.4 Å². The lowest BCUT2D eigenvalue weighted by Gasteiger charge is -2.20. The highest BCUT2D eigenvalue weighted by atomic mass is 16.4. The molecule has 1 aromatic carbocycles. The molecule has 0 unspecified atom stereocenters. The van der Waals surface area contributed by atoms with Crippen LogP contribution in [0.3, 0.4) is 0 Å². The minimum Gasteiger partial charge on any atom is -0.480 e. The van der Waals surface area contributed by atoms with E-state index in [1.54, 1.807) is 0 Å². The van der Waals surface area contributed by atoms with E-state index in [1.807, 2.05) is 13.8 Å². The molecule has 0 aromatic heterocycles. The number of aliphatic carboxylic acids is 1. The molecular formula is C15H23NO2. The molecule has 0 fully saturated rings. The van der Waals surface area contributed by atoms with Crippen molar-refractivity contribution in [1.82, 2.24) is 5.32 Å². The molecule has 0 saturated carbocycles. The molecule has 2 N–H and O–H groups in total. The maximum absolute atomic E-state index is 11.1. The molecule has 100 valence electrons. The fourth-order valence-electron chi connectivity index (χ4n) is 1.89. The first-order chi connectivity index (χ1) is 8.54. The second kappa shape index (κ2) is 7.17. The summed E-state index contributed by atoms with van der Waals surface area (Å²) in [7, 11) is 0. The van der Waals surface area contributed by atoms with Crippen LogP contribution in [0, 0.1) is 12.8 Å². The lowest BCUT2D eigenvalue weighted by Crippen LogP contribution is -2.42. The van der Waals surface area contributed by atoms with E-state index in [1.165, 1.54) is 11.1 Å². The zero-order valence-electron chi connectivity index (χ0n) is 11.4. The number of aryl methyl sites for hydroxylation is 1. The Kier molecular flexibility index (Phi) is 5.86. The van der Waals surface area contributed by atoms with Crippen LogP contribution in [0.1, 0.15) is 31.4 Å². The Bertz CT molecular complexity index is 373. The molecule has 0 saturated heterocycles. The molecule has 0 spiro atoms. The molecule has 0 bridgehead atoms. The smallest absolute Gasteiger partial charge is 0.320 e. The fourth-order valence-corrected chi connectivity index (χ4v) is 1.89. The van der Waals surface area contributed by atoms with Crippen molar-refractivity contribution < 1.29 is 9.90 Å². The van der Waals surface area contributed by atoms with Crippen molar-refractivity contribution >= 4 is 5.97 Å². The standard InChI is InChI=1S/C15H23NO2/c1-4-12(3)14(15(17)18)16-10-9-13-7-5-11(2)6-8-13/h5-8,12,14,16H,4,9-10H2,1-3H3,(H,17,18)/t12-,14-/m0/s1. The van der Waals surface area contributed by atoms with Crippen molar-refractivity contribution in [2.75, 3.05) is 6.54 Å². The lowest BCUT2D eigenvalue weighted by atomic mass is 9.99. The SMILES string of the molecule is CC[C@H](C)[C@H](NCCc1ccc(C)cc1)C(=O)O. The van der Waals surface area contributed by atoms with Gasteiger partial charge in [-0.25, -0.2) is 0 Å². The Morgan fingerprint density at radius 2 is 1.94 bits per heavy atom. The van der Waals surface area contributed by atoms with Gasteiger partial charge in [0.25, 0.3) is 0 Å². The van der Waals surface area contributed by atoms with Gasteiger partial charge in [0.15, 0.2) is 0 Å². The number of carboxylic acid groups (broad SMARTS) is 1. The maximum atomic E-state index is 11.1. The van der Waals surface area contributed by atoms with E-state index < -0.39 is 12.0 Å².